The van der Waals surface area contributed by atoms with Gasteiger partial charge in [-0.2, -0.15) is 4.37 Å². The molecule has 19 heavy (non-hydrogen) atoms. The number of carbonyl (C=O) groups excluding carboxylic acids is 1. The lowest BCUT2D eigenvalue weighted by molar-refractivity contribution is 0.0994. The zero-order valence-corrected chi connectivity index (χ0v) is 11.8. The van der Waals surface area contributed by atoms with Gasteiger partial charge >= 0.3 is 0 Å². The highest BCUT2D eigenvalue weighted by Gasteiger charge is 2.13. The van der Waals surface area contributed by atoms with Crippen LogP contribution in [0.2, 0.25) is 0 Å². The zero-order chi connectivity index (χ0) is 13.2. The lowest BCUT2D eigenvalue weighted by Crippen LogP contribution is -2.00. The van der Waals surface area contributed by atoms with Crippen molar-refractivity contribution in [2.24, 2.45) is 0 Å². The molecule has 0 aliphatic rings. The van der Waals surface area contributed by atoms with Gasteiger partial charge in [0.25, 0.3) is 0 Å². The molecule has 0 saturated carbocycles. The fraction of sp³-hybridized carbons (Fsp3) is 0.154. The van der Waals surface area contributed by atoms with Crippen molar-refractivity contribution in [1.82, 2.24) is 9.36 Å². The summed E-state index contributed by atoms with van der Waals surface area (Å²) in [6.45, 7) is 1.83. The number of benzene rings is 1. The van der Waals surface area contributed by atoms with E-state index in [-0.39, 0.29) is 5.78 Å². The van der Waals surface area contributed by atoms with Crippen molar-refractivity contribution >= 4 is 40.0 Å². The molecule has 2 aromatic heterocycles. The maximum Gasteiger partial charge on any atom is 0.208 e. The number of aromatic nitrogens is 2. The summed E-state index contributed by atoms with van der Waals surface area (Å²) in [4.78, 5) is 16.2. The van der Waals surface area contributed by atoms with Crippen LogP contribution in [-0.2, 0) is 0 Å². The molecule has 0 aliphatic heterocycles. The van der Waals surface area contributed by atoms with Gasteiger partial charge in [0.1, 0.15) is 11.4 Å². The quantitative estimate of drug-likeness (QED) is 0.543. The van der Waals surface area contributed by atoms with Gasteiger partial charge in [-0.05, 0) is 30.6 Å². The van der Waals surface area contributed by atoms with Gasteiger partial charge < -0.3 is 4.42 Å². The third-order valence-corrected chi connectivity index (χ3v) is 4.46. The van der Waals surface area contributed by atoms with Gasteiger partial charge in [-0.25, -0.2) is 4.98 Å². The van der Waals surface area contributed by atoms with Gasteiger partial charge in [-0.15, -0.1) is 0 Å². The molecule has 0 fully saturated rings. The number of fused-ring (bicyclic) bond motifs is 1. The summed E-state index contributed by atoms with van der Waals surface area (Å²) in [5.74, 6) is 1.42. The second kappa shape index (κ2) is 5.14. The van der Waals surface area contributed by atoms with Crippen LogP contribution in [0.25, 0.3) is 11.0 Å². The van der Waals surface area contributed by atoms with E-state index in [1.54, 1.807) is 6.07 Å². The Morgan fingerprint density at radius 3 is 3.00 bits per heavy atom. The number of Topliss-reactive ketones (excluding diaryl/α,β-unsaturated/α-hetero) is 1. The van der Waals surface area contributed by atoms with E-state index >= 15 is 0 Å². The molecule has 96 valence electrons. The summed E-state index contributed by atoms with van der Waals surface area (Å²) in [5, 5.41) is 0.947. The third-order valence-electron chi connectivity index (χ3n) is 2.54. The summed E-state index contributed by atoms with van der Waals surface area (Å²) in [6.07, 6.45) is 0. The Bertz CT molecular complexity index is 700. The van der Waals surface area contributed by atoms with Gasteiger partial charge in [0.15, 0.2) is 10.1 Å². The van der Waals surface area contributed by atoms with E-state index < -0.39 is 0 Å². The van der Waals surface area contributed by atoms with Gasteiger partial charge in [-0.1, -0.05) is 30.0 Å². The topological polar surface area (TPSA) is 56.0 Å². The van der Waals surface area contributed by atoms with Gasteiger partial charge in [-0.3, -0.25) is 4.79 Å². The van der Waals surface area contributed by atoms with E-state index in [9.17, 15) is 4.79 Å². The smallest absolute Gasteiger partial charge is 0.208 e. The van der Waals surface area contributed by atoms with Crippen LogP contribution in [0, 0.1) is 6.92 Å². The Morgan fingerprint density at radius 1 is 1.42 bits per heavy atom. The molecule has 3 rings (SSSR count). The number of ketones is 1. The average Bonchev–Trinajstić information content (AvgIpc) is 3.01. The predicted octanol–water partition coefficient (Wildman–Crippen LogP) is 3.57. The molecule has 0 unspecified atom stereocenters. The molecule has 6 heteroatoms. The highest BCUT2D eigenvalue weighted by Crippen LogP contribution is 2.23. The minimum Gasteiger partial charge on any atom is -0.453 e. The first-order valence-corrected chi connectivity index (χ1v) is 7.43. The Kier molecular flexibility index (Phi) is 3.35. The highest BCUT2D eigenvalue weighted by molar-refractivity contribution is 8.01. The van der Waals surface area contributed by atoms with Crippen molar-refractivity contribution in [1.29, 1.82) is 0 Å². The maximum atomic E-state index is 12.0. The molecule has 0 bridgehead atoms. The SMILES string of the molecule is Cc1nsc(SCC(=O)c2cc3ccccc3o2)n1. The number of rotatable bonds is 4. The summed E-state index contributed by atoms with van der Waals surface area (Å²) in [6, 6.07) is 9.37. The first kappa shape index (κ1) is 12.4. The van der Waals surface area contributed by atoms with Crippen LogP contribution in [0.5, 0.6) is 0 Å². The number of furan rings is 1. The minimum atomic E-state index is -0.0333. The number of hydrogen-bond acceptors (Lipinski definition) is 6. The molecule has 0 radical (unpaired) electrons. The normalized spacial score (nSPS) is 11.0. The summed E-state index contributed by atoms with van der Waals surface area (Å²) >= 11 is 2.70. The number of nitrogens with zero attached hydrogens (tertiary/aromatic N) is 2. The Morgan fingerprint density at radius 2 is 2.26 bits per heavy atom. The maximum absolute atomic E-state index is 12.0. The number of para-hydroxylation sites is 1. The van der Waals surface area contributed by atoms with Crippen molar-refractivity contribution in [2.45, 2.75) is 11.3 Å². The lowest BCUT2D eigenvalue weighted by Gasteiger charge is -1.93. The highest BCUT2D eigenvalue weighted by atomic mass is 32.2. The van der Waals surface area contributed by atoms with Gasteiger partial charge in [0.05, 0.1) is 5.75 Å². The van der Waals surface area contributed by atoms with Crippen molar-refractivity contribution in [2.75, 3.05) is 5.75 Å². The van der Waals surface area contributed by atoms with Gasteiger partial charge in [0.2, 0.25) is 5.78 Å². The molecular formula is C13H10N2O2S2. The van der Waals surface area contributed by atoms with E-state index in [1.165, 1.54) is 23.3 Å². The van der Waals surface area contributed by atoms with Gasteiger partial charge in [0, 0.05) is 5.39 Å². The second-order valence-electron chi connectivity index (χ2n) is 3.97. The molecular weight excluding hydrogens is 280 g/mol. The first-order valence-electron chi connectivity index (χ1n) is 5.67. The first-order chi connectivity index (χ1) is 9.22. The summed E-state index contributed by atoms with van der Waals surface area (Å²) in [7, 11) is 0. The fourth-order valence-electron chi connectivity index (χ4n) is 1.65. The van der Waals surface area contributed by atoms with Crippen LogP contribution in [0.1, 0.15) is 16.4 Å². The van der Waals surface area contributed by atoms with Crippen LogP contribution in [0.4, 0.5) is 0 Å². The number of carbonyl (C=O) groups is 1. The number of aryl methyl sites for hydroxylation is 1. The van der Waals surface area contributed by atoms with E-state index in [4.69, 9.17) is 4.42 Å². The molecule has 0 saturated heterocycles. The summed E-state index contributed by atoms with van der Waals surface area (Å²) < 4.78 is 10.4. The molecule has 0 N–H and O–H groups in total. The van der Waals surface area contributed by atoms with Crippen LogP contribution >= 0.6 is 23.3 Å². The van der Waals surface area contributed by atoms with Crippen LogP contribution in [0.15, 0.2) is 39.1 Å². The molecule has 0 amide bonds. The Balaban J connectivity index is 1.73. The standard InChI is InChI=1S/C13H10N2O2S2/c1-8-14-13(19-15-8)18-7-10(16)12-6-9-4-2-3-5-11(9)17-12/h2-6H,7H2,1H3. The van der Waals surface area contributed by atoms with Crippen LogP contribution < -0.4 is 0 Å². The number of thioether (sulfide) groups is 1. The number of hydrogen-bond donors (Lipinski definition) is 0. The second-order valence-corrected chi connectivity index (χ2v) is 5.94. The molecule has 3 aromatic rings. The van der Waals surface area contributed by atoms with Crippen molar-refractivity contribution in [3.05, 3.63) is 41.9 Å². The largest absolute Gasteiger partial charge is 0.453 e. The third kappa shape index (κ3) is 2.69. The lowest BCUT2D eigenvalue weighted by atomic mass is 10.2. The molecule has 2 heterocycles. The van der Waals surface area contributed by atoms with Crippen molar-refractivity contribution in [3.8, 4) is 0 Å². The molecule has 1 aromatic carbocycles. The zero-order valence-electron chi connectivity index (χ0n) is 10.1. The Hall–Kier alpha value is -1.66. The molecule has 0 spiro atoms. The average molecular weight is 290 g/mol. The van der Waals surface area contributed by atoms with Crippen LogP contribution in [-0.4, -0.2) is 20.9 Å². The molecule has 4 nitrogen and oxygen atoms in total. The van der Waals surface area contributed by atoms with Crippen LogP contribution in [0.3, 0.4) is 0 Å². The van der Waals surface area contributed by atoms with E-state index in [0.717, 1.165) is 21.1 Å². The molecule has 0 atom stereocenters. The van der Waals surface area contributed by atoms with E-state index in [2.05, 4.69) is 9.36 Å². The summed E-state index contributed by atoms with van der Waals surface area (Å²) in [5.41, 5.74) is 0.739. The van der Waals surface area contributed by atoms with Crippen molar-refractivity contribution in [3.63, 3.8) is 0 Å². The predicted molar refractivity (Wildman–Crippen MR) is 75.9 cm³/mol. The van der Waals surface area contributed by atoms with E-state index in [1.807, 2.05) is 31.2 Å². The van der Waals surface area contributed by atoms with E-state index in [0.29, 0.717) is 11.5 Å². The monoisotopic (exact) mass is 290 g/mol. The minimum absolute atomic E-state index is 0.0333. The fourth-order valence-corrected chi connectivity index (χ4v) is 3.17. The molecule has 0 aliphatic carbocycles. The van der Waals surface area contributed by atoms with Crippen molar-refractivity contribution < 1.29 is 9.21 Å². The Labute approximate surface area is 118 Å².